The quantitative estimate of drug-likeness (QED) is 0.467. The van der Waals surface area contributed by atoms with Crippen LogP contribution in [0.4, 0.5) is 0 Å². The van der Waals surface area contributed by atoms with Crippen LogP contribution in [-0.2, 0) is 13.1 Å². The van der Waals surface area contributed by atoms with Crippen molar-refractivity contribution in [2.45, 2.75) is 33.0 Å². The van der Waals surface area contributed by atoms with Gasteiger partial charge < -0.3 is 4.74 Å². The Morgan fingerprint density at radius 1 is 1.11 bits per heavy atom. The van der Waals surface area contributed by atoms with E-state index >= 15 is 0 Å². The third kappa shape index (κ3) is 4.66. The second kappa shape index (κ2) is 8.52. The van der Waals surface area contributed by atoms with Gasteiger partial charge in [0.25, 0.3) is 5.91 Å². The molecule has 0 saturated heterocycles. The van der Waals surface area contributed by atoms with E-state index in [2.05, 4.69) is 43.0 Å². The second-order valence-corrected chi connectivity index (χ2v) is 7.85. The minimum absolute atomic E-state index is 0.391. The summed E-state index contributed by atoms with van der Waals surface area (Å²) in [7, 11) is 1.67. The van der Waals surface area contributed by atoms with E-state index < -0.39 is 5.91 Å². The van der Waals surface area contributed by atoms with Crippen LogP contribution >= 0.6 is 11.3 Å². The normalized spacial score (nSPS) is 11.3. The van der Waals surface area contributed by atoms with Gasteiger partial charge >= 0.3 is 0 Å². The first-order valence-electron chi connectivity index (χ1n) is 8.84. The first kappa shape index (κ1) is 19.4. The van der Waals surface area contributed by atoms with Crippen molar-refractivity contribution >= 4 is 27.3 Å². The number of benzene rings is 2. The molecule has 142 valence electrons. The Balaban J connectivity index is 1.77. The van der Waals surface area contributed by atoms with Crippen LogP contribution in [0.3, 0.4) is 0 Å². The van der Waals surface area contributed by atoms with Crippen molar-refractivity contribution < 1.29 is 14.7 Å². The number of nitrogens with one attached hydrogen (secondary N) is 1. The number of methoxy groups -OCH3 is 1. The molecule has 0 radical (unpaired) electrons. The molecule has 3 aromatic rings. The molecule has 0 bridgehead atoms. The lowest BCUT2D eigenvalue weighted by Crippen LogP contribution is -2.29. The SMILES string of the molecule is COc1ccc(CN(Cc2ccc3cc(C(=O)NO)sc3c2)C(C)C)cc1. The zero-order chi connectivity index (χ0) is 19.4. The molecular weight excluding hydrogens is 360 g/mol. The summed E-state index contributed by atoms with van der Waals surface area (Å²) in [5.74, 6) is 0.391. The minimum atomic E-state index is -0.471. The van der Waals surface area contributed by atoms with E-state index in [0.29, 0.717) is 10.9 Å². The Hall–Kier alpha value is -2.41. The summed E-state index contributed by atoms with van der Waals surface area (Å²) >= 11 is 1.38. The molecule has 5 nitrogen and oxygen atoms in total. The van der Waals surface area contributed by atoms with Gasteiger partial charge in [-0.05, 0) is 54.6 Å². The number of carbonyl (C=O) groups is 1. The predicted molar refractivity (Wildman–Crippen MR) is 108 cm³/mol. The molecule has 0 saturated carbocycles. The number of hydroxylamine groups is 1. The van der Waals surface area contributed by atoms with E-state index in [9.17, 15) is 4.79 Å². The maximum Gasteiger partial charge on any atom is 0.284 e. The van der Waals surface area contributed by atoms with Crippen molar-refractivity contribution in [2.24, 2.45) is 0 Å². The summed E-state index contributed by atoms with van der Waals surface area (Å²) in [6.07, 6.45) is 0. The van der Waals surface area contributed by atoms with Crippen LogP contribution < -0.4 is 10.2 Å². The summed E-state index contributed by atoms with van der Waals surface area (Å²) < 4.78 is 6.27. The molecular formula is C21H24N2O3S. The van der Waals surface area contributed by atoms with E-state index in [0.717, 1.165) is 28.9 Å². The van der Waals surface area contributed by atoms with Crippen molar-refractivity contribution in [3.63, 3.8) is 0 Å². The van der Waals surface area contributed by atoms with Crippen LogP contribution in [-0.4, -0.2) is 29.2 Å². The monoisotopic (exact) mass is 384 g/mol. The van der Waals surface area contributed by atoms with E-state index in [1.807, 2.05) is 18.2 Å². The minimum Gasteiger partial charge on any atom is -0.497 e. The summed E-state index contributed by atoms with van der Waals surface area (Å²) in [6, 6.07) is 16.6. The van der Waals surface area contributed by atoms with Crippen molar-refractivity contribution in [1.82, 2.24) is 10.4 Å². The van der Waals surface area contributed by atoms with E-state index in [-0.39, 0.29) is 0 Å². The number of rotatable bonds is 7. The van der Waals surface area contributed by atoms with Gasteiger partial charge in [-0.3, -0.25) is 14.9 Å². The Kier molecular flexibility index (Phi) is 6.11. The second-order valence-electron chi connectivity index (χ2n) is 6.77. The molecule has 0 spiro atoms. The standard InChI is InChI=1S/C21H24N2O3S/c1-14(2)23(12-15-5-8-18(26-3)9-6-15)13-16-4-7-17-11-20(21(24)22-25)27-19(17)10-16/h4-11,14,25H,12-13H2,1-3H3,(H,22,24). The lowest BCUT2D eigenvalue weighted by atomic mass is 10.1. The van der Waals surface area contributed by atoms with E-state index in [1.54, 1.807) is 18.7 Å². The fourth-order valence-corrected chi connectivity index (χ4v) is 3.98. The molecule has 0 fully saturated rings. The third-order valence-electron chi connectivity index (χ3n) is 4.57. The summed E-state index contributed by atoms with van der Waals surface area (Å²) in [6.45, 7) is 6.05. The van der Waals surface area contributed by atoms with Crippen molar-refractivity contribution in [1.29, 1.82) is 0 Å². The molecule has 3 rings (SSSR count). The first-order valence-corrected chi connectivity index (χ1v) is 9.65. The topological polar surface area (TPSA) is 61.8 Å². The maximum atomic E-state index is 11.6. The number of amides is 1. The summed E-state index contributed by atoms with van der Waals surface area (Å²) in [5.41, 5.74) is 4.13. The van der Waals surface area contributed by atoms with Gasteiger partial charge in [-0.15, -0.1) is 11.3 Å². The lowest BCUT2D eigenvalue weighted by Gasteiger charge is -2.26. The molecule has 1 amide bonds. The zero-order valence-corrected chi connectivity index (χ0v) is 16.5. The van der Waals surface area contributed by atoms with Crippen LogP contribution in [0.25, 0.3) is 10.1 Å². The number of nitrogens with zero attached hydrogens (tertiary/aromatic N) is 1. The fourth-order valence-electron chi connectivity index (χ4n) is 2.96. The van der Waals surface area contributed by atoms with Gasteiger partial charge in [0, 0.05) is 23.8 Å². The van der Waals surface area contributed by atoms with Crippen molar-refractivity contribution in [3.05, 3.63) is 64.5 Å². The highest BCUT2D eigenvalue weighted by Crippen LogP contribution is 2.27. The average molecular weight is 385 g/mol. The third-order valence-corrected chi connectivity index (χ3v) is 5.67. The highest BCUT2D eigenvalue weighted by Gasteiger charge is 2.13. The highest BCUT2D eigenvalue weighted by atomic mass is 32.1. The molecule has 1 heterocycles. The predicted octanol–water partition coefficient (Wildman–Crippen LogP) is 4.44. The molecule has 0 atom stereocenters. The Morgan fingerprint density at radius 2 is 1.78 bits per heavy atom. The van der Waals surface area contributed by atoms with Gasteiger partial charge in [-0.2, -0.15) is 0 Å². The summed E-state index contributed by atoms with van der Waals surface area (Å²) in [5, 5.41) is 9.82. The Morgan fingerprint density at radius 3 is 2.41 bits per heavy atom. The van der Waals surface area contributed by atoms with E-state index in [1.165, 1.54) is 22.5 Å². The number of carbonyl (C=O) groups excluding carboxylic acids is 1. The highest BCUT2D eigenvalue weighted by molar-refractivity contribution is 7.20. The molecule has 0 aliphatic rings. The van der Waals surface area contributed by atoms with Crippen molar-refractivity contribution in [3.8, 4) is 5.75 Å². The molecule has 0 aliphatic carbocycles. The van der Waals surface area contributed by atoms with Gasteiger partial charge in [-0.25, -0.2) is 5.48 Å². The summed E-state index contributed by atoms with van der Waals surface area (Å²) in [4.78, 5) is 14.5. The maximum absolute atomic E-state index is 11.6. The Bertz CT molecular complexity index is 919. The lowest BCUT2D eigenvalue weighted by molar-refractivity contribution is 0.0711. The molecule has 0 unspecified atom stereocenters. The first-order chi connectivity index (χ1) is 13.0. The number of fused-ring (bicyclic) bond motifs is 1. The van der Waals surface area contributed by atoms with Gasteiger partial charge in [0.2, 0.25) is 0 Å². The number of thiophene rings is 1. The smallest absolute Gasteiger partial charge is 0.284 e. The number of hydrogen-bond donors (Lipinski definition) is 2. The van der Waals surface area contributed by atoms with Gasteiger partial charge in [0.15, 0.2) is 0 Å². The van der Waals surface area contributed by atoms with Gasteiger partial charge in [-0.1, -0.05) is 24.3 Å². The molecule has 27 heavy (non-hydrogen) atoms. The molecule has 2 aromatic carbocycles. The van der Waals surface area contributed by atoms with Crippen LogP contribution in [0.2, 0.25) is 0 Å². The van der Waals surface area contributed by atoms with Crippen LogP contribution in [0, 0.1) is 0 Å². The van der Waals surface area contributed by atoms with Crippen LogP contribution in [0.15, 0.2) is 48.5 Å². The fraction of sp³-hybridized carbons (Fsp3) is 0.286. The van der Waals surface area contributed by atoms with Crippen LogP contribution in [0.5, 0.6) is 5.75 Å². The molecule has 6 heteroatoms. The average Bonchev–Trinajstić information content (AvgIpc) is 3.10. The number of ether oxygens (including phenoxy) is 1. The number of hydrogen-bond acceptors (Lipinski definition) is 5. The zero-order valence-electron chi connectivity index (χ0n) is 15.7. The van der Waals surface area contributed by atoms with Crippen molar-refractivity contribution in [2.75, 3.05) is 7.11 Å². The van der Waals surface area contributed by atoms with E-state index in [4.69, 9.17) is 9.94 Å². The Labute approximate surface area is 163 Å². The largest absolute Gasteiger partial charge is 0.497 e. The molecule has 1 aromatic heterocycles. The van der Waals surface area contributed by atoms with Gasteiger partial charge in [0.1, 0.15) is 5.75 Å². The van der Waals surface area contributed by atoms with Gasteiger partial charge in [0.05, 0.1) is 12.0 Å². The molecule has 0 aliphatic heterocycles. The van der Waals surface area contributed by atoms with Crippen LogP contribution in [0.1, 0.15) is 34.6 Å². The molecule has 2 N–H and O–H groups in total.